The summed E-state index contributed by atoms with van der Waals surface area (Å²) in [6, 6.07) is -0.901. The fraction of sp³-hybridized carbons (Fsp3) is 0.926. The van der Waals surface area contributed by atoms with Crippen molar-refractivity contribution in [2.24, 2.45) is 0 Å². The van der Waals surface area contributed by atoms with Crippen LogP contribution in [-0.2, 0) is 18.4 Å². The lowest BCUT2D eigenvalue weighted by Gasteiger charge is -2.29. The first-order valence-electron chi connectivity index (χ1n) is 34.2. The minimum absolute atomic E-state index is 0.00366. The molecule has 0 bridgehead atoms. The quantitative estimate of drug-likeness (QED) is 0.0272. The molecule has 1 amide bonds. The summed E-state index contributed by atoms with van der Waals surface area (Å²) in [6.45, 7) is 4.68. The van der Waals surface area contributed by atoms with Crippen molar-refractivity contribution in [1.29, 1.82) is 0 Å². The fourth-order valence-electron chi connectivity index (χ4n) is 10.6. The van der Waals surface area contributed by atoms with Crippen LogP contribution in [-0.4, -0.2) is 68.5 Å². The number of aliphatic hydroxyl groups is 1. The Balaban J connectivity index is 3.91. The van der Waals surface area contributed by atoms with Gasteiger partial charge in [0.2, 0.25) is 5.91 Å². The van der Waals surface area contributed by atoms with E-state index in [1.165, 1.54) is 295 Å². The van der Waals surface area contributed by atoms with E-state index in [-0.39, 0.29) is 19.1 Å². The number of phosphoric ester groups is 1. The first-order chi connectivity index (χ1) is 37.5. The lowest BCUT2D eigenvalue weighted by atomic mass is 10.0. The number of rotatable bonds is 64. The van der Waals surface area contributed by atoms with Crippen molar-refractivity contribution in [3.05, 3.63) is 24.3 Å². The first kappa shape index (κ1) is 76.0. The lowest BCUT2D eigenvalue weighted by molar-refractivity contribution is -0.870. The number of carbonyl (C=O) groups excluding carboxylic acids is 1. The van der Waals surface area contributed by atoms with Gasteiger partial charge in [0.15, 0.2) is 0 Å². The van der Waals surface area contributed by atoms with Gasteiger partial charge in [0.25, 0.3) is 7.82 Å². The van der Waals surface area contributed by atoms with E-state index < -0.39 is 20.0 Å². The Hall–Kier alpha value is -1.02. The number of nitrogens with zero attached hydrogens (tertiary/aromatic N) is 1. The number of hydrogen-bond acceptors (Lipinski definition) is 6. The molecular weight excluding hydrogens is 972 g/mol. The predicted molar refractivity (Wildman–Crippen MR) is 335 cm³/mol. The molecule has 0 spiro atoms. The molecule has 0 aromatic carbocycles. The van der Waals surface area contributed by atoms with Gasteiger partial charge >= 0.3 is 0 Å². The third-order valence-corrected chi connectivity index (χ3v) is 16.9. The molecule has 0 aliphatic heterocycles. The third-order valence-electron chi connectivity index (χ3n) is 15.9. The van der Waals surface area contributed by atoms with Crippen LogP contribution in [0.15, 0.2) is 24.3 Å². The zero-order valence-corrected chi connectivity index (χ0v) is 53.3. The topological polar surface area (TPSA) is 108 Å². The Labute approximate surface area is 481 Å². The Morgan fingerprint density at radius 1 is 0.442 bits per heavy atom. The molecule has 3 atom stereocenters. The fourth-order valence-corrected chi connectivity index (χ4v) is 11.3. The van der Waals surface area contributed by atoms with E-state index in [1.54, 1.807) is 6.08 Å². The highest BCUT2D eigenvalue weighted by Gasteiger charge is 2.23. The van der Waals surface area contributed by atoms with Crippen LogP contribution in [0.3, 0.4) is 0 Å². The number of unbranched alkanes of at least 4 members (excludes halogenated alkanes) is 49. The van der Waals surface area contributed by atoms with Gasteiger partial charge in [-0.2, -0.15) is 0 Å². The molecule has 458 valence electrons. The van der Waals surface area contributed by atoms with Crippen LogP contribution in [0, 0.1) is 0 Å². The van der Waals surface area contributed by atoms with Crippen LogP contribution in [0.4, 0.5) is 0 Å². The SMILES string of the molecule is CCCCCCCCCCCCC/C=C/CC/C=C/C(O)C(COP(=O)([O-])OCC[N+](C)(C)C)NC(=O)CCCCCCCCCCCCCCCCCCCCCCCCCCCCCCCCCCCCCCCC. The number of allylic oxidation sites excluding steroid dienone is 3. The van der Waals surface area contributed by atoms with Crippen molar-refractivity contribution in [3.8, 4) is 0 Å². The minimum Gasteiger partial charge on any atom is -0.756 e. The average Bonchev–Trinajstić information content (AvgIpc) is 3.39. The molecule has 77 heavy (non-hydrogen) atoms. The van der Waals surface area contributed by atoms with Crippen molar-refractivity contribution < 1.29 is 32.9 Å². The van der Waals surface area contributed by atoms with Gasteiger partial charge < -0.3 is 28.8 Å². The average molecular weight is 1110 g/mol. The van der Waals surface area contributed by atoms with Crippen molar-refractivity contribution in [2.75, 3.05) is 40.9 Å². The standard InChI is InChI=1S/C68H135N2O6P/c1-6-8-10-12-14-16-18-20-22-24-25-26-27-28-29-30-31-32-33-34-35-36-37-38-39-40-41-42-43-44-46-48-50-52-54-56-58-60-62-68(72)69-66(65-76-77(73,74)75-64-63-70(3,4)5)67(71)61-59-57-55-53-51-49-47-45-23-21-19-17-15-13-11-9-7-2/h51,53,59,61,66-67,71H,6-50,52,54-58,60,62-65H2,1-5H3,(H-,69,72,73,74)/b53-51+,61-59+. The van der Waals surface area contributed by atoms with Crippen LogP contribution in [0.1, 0.15) is 354 Å². The van der Waals surface area contributed by atoms with E-state index >= 15 is 0 Å². The van der Waals surface area contributed by atoms with Crippen LogP contribution in [0.25, 0.3) is 0 Å². The van der Waals surface area contributed by atoms with Crippen LogP contribution in [0.2, 0.25) is 0 Å². The smallest absolute Gasteiger partial charge is 0.268 e. The number of aliphatic hydroxyl groups excluding tert-OH is 1. The number of likely N-dealkylation sites (N-methyl/N-ethyl adjacent to an activating group) is 1. The molecule has 9 heteroatoms. The van der Waals surface area contributed by atoms with Gasteiger partial charge in [-0.15, -0.1) is 0 Å². The maximum absolute atomic E-state index is 13.0. The summed E-state index contributed by atoms with van der Waals surface area (Å²) < 4.78 is 23.4. The normalized spacial score (nSPS) is 13.8. The summed E-state index contributed by atoms with van der Waals surface area (Å²) in [6.07, 6.45) is 77.5. The molecule has 3 unspecified atom stereocenters. The lowest BCUT2D eigenvalue weighted by Crippen LogP contribution is -2.45. The van der Waals surface area contributed by atoms with Gasteiger partial charge in [-0.3, -0.25) is 9.36 Å². The molecule has 0 saturated carbocycles. The largest absolute Gasteiger partial charge is 0.756 e. The number of amides is 1. The zero-order chi connectivity index (χ0) is 56.3. The molecule has 0 saturated heterocycles. The number of quaternary nitrogens is 1. The molecule has 0 radical (unpaired) electrons. The van der Waals surface area contributed by atoms with E-state index in [0.717, 1.165) is 38.5 Å². The summed E-state index contributed by atoms with van der Waals surface area (Å²) in [5.74, 6) is -0.200. The molecule has 0 heterocycles. The molecule has 0 aromatic heterocycles. The molecule has 0 aliphatic carbocycles. The number of carbonyl (C=O) groups is 1. The highest BCUT2D eigenvalue weighted by molar-refractivity contribution is 7.45. The highest BCUT2D eigenvalue weighted by Crippen LogP contribution is 2.38. The van der Waals surface area contributed by atoms with E-state index in [1.807, 2.05) is 27.2 Å². The number of phosphoric acid groups is 1. The third kappa shape index (κ3) is 62.4. The Morgan fingerprint density at radius 3 is 1.05 bits per heavy atom. The van der Waals surface area contributed by atoms with Gasteiger partial charge in [-0.05, 0) is 32.1 Å². The van der Waals surface area contributed by atoms with Crippen molar-refractivity contribution in [3.63, 3.8) is 0 Å². The van der Waals surface area contributed by atoms with Crippen LogP contribution < -0.4 is 10.2 Å². The van der Waals surface area contributed by atoms with Gasteiger partial charge in [0.1, 0.15) is 13.2 Å². The summed E-state index contributed by atoms with van der Waals surface area (Å²) in [5, 5.41) is 13.9. The van der Waals surface area contributed by atoms with E-state index in [4.69, 9.17) is 9.05 Å². The molecule has 0 fully saturated rings. The van der Waals surface area contributed by atoms with Crippen LogP contribution >= 0.6 is 7.82 Å². The number of nitrogens with one attached hydrogen (secondary N) is 1. The molecule has 0 aromatic rings. The van der Waals surface area contributed by atoms with Crippen molar-refractivity contribution in [1.82, 2.24) is 5.32 Å². The monoisotopic (exact) mass is 1110 g/mol. The Bertz CT molecular complexity index is 1300. The molecular formula is C68H135N2O6P. The second kappa shape index (κ2) is 59.6. The molecule has 0 rings (SSSR count). The second-order valence-electron chi connectivity index (χ2n) is 24.9. The van der Waals surface area contributed by atoms with E-state index in [0.29, 0.717) is 17.4 Å². The zero-order valence-electron chi connectivity index (χ0n) is 52.4. The van der Waals surface area contributed by atoms with Gasteiger partial charge in [-0.25, -0.2) is 0 Å². The first-order valence-corrected chi connectivity index (χ1v) is 35.7. The molecule has 2 N–H and O–H groups in total. The molecule has 8 nitrogen and oxygen atoms in total. The van der Waals surface area contributed by atoms with E-state index in [2.05, 4.69) is 31.3 Å². The summed E-state index contributed by atoms with van der Waals surface area (Å²) in [4.78, 5) is 25.5. The number of hydrogen-bond donors (Lipinski definition) is 2. The van der Waals surface area contributed by atoms with Crippen LogP contribution in [0.5, 0.6) is 0 Å². The van der Waals surface area contributed by atoms with E-state index in [9.17, 15) is 19.4 Å². The summed E-state index contributed by atoms with van der Waals surface area (Å²) in [7, 11) is 1.26. The minimum atomic E-state index is -4.60. The second-order valence-corrected chi connectivity index (χ2v) is 26.3. The predicted octanol–water partition coefficient (Wildman–Crippen LogP) is 20.9. The molecule has 0 aliphatic rings. The summed E-state index contributed by atoms with van der Waals surface area (Å²) in [5.41, 5.74) is 0. The van der Waals surface area contributed by atoms with Crippen molar-refractivity contribution >= 4 is 13.7 Å². The Morgan fingerprint density at radius 2 is 0.727 bits per heavy atom. The highest BCUT2D eigenvalue weighted by atomic mass is 31.2. The van der Waals surface area contributed by atoms with Gasteiger partial charge in [-0.1, -0.05) is 340 Å². The maximum atomic E-state index is 13.0. The van der Waals surface area contributed by atoms with Crippen molar-refractivity contribution in [2.45, 2.75) is 366 Å². The summed E-state index contributed by atoms with van der Waals surface area (Å²) >= 11 is 0. The Kier molecular flexibility index (Phi) is 58.8. The van der Waals surface area contributed by atoms with Gasteiger partial charge in [0, 0.05) is 6.42 Å². The maximum Gasteiger partial charge on any atom is 0.268 e. The van der Waals surface area contributed by atoms with Gasteiger partial charge in [0.05, 0.1) is 39.9 Å².